The first-order chi connectivity index (χ1) is 10.7. The van der Waals surface area contributed by atoms with Gasteiger partial charge < -0.3 is 5.32 Å². The number of nitrogens with zero attached hydrogens (tertiary/aromatic N) is 4. The van der Waals surface area contributed by atoms with Gasteiger partial charge in [-0.15, -0.1) is 0 Å². The van der Waals surface area contributed by atoms with Crippen LogP contribution in [0.5, 0.6) is 0 Å². The lowest BCUT2D eigenvalue weighted by Gasteiger charge is -2.07. The summed E-state index contributed by atoms with van der Waals surface area (Å²) in [5, 5.41) is 2.84. The van der Waals surface area contributed by atoms with Gasteiger partial charge in [-0.2, -0.15) is 0 Å². The molecule has 0 saturated heterocycles. The molecule has 0 unspecified atom stereocenters. The van der Waals surface area contributed by atoms with Crippen LogP contribution in [0.15, 0.2) is 55.2 Å². The maximum Gasteiger partial charge on any atom is 0.253 e. The van der Waals surface area contributed by atoms with Crippen molar-refractivity contribution in [1.82, 2.24) is 24.8 Å². The molecule has 3 rings (SSSR count). The molecule has 0 spiro atoms. The van der Waals surface area contributed by atoms with Crippen molar-refractivity contribution in [1.29, 1.82) is 0 Å². The molecular weight excluding hydrogens is 278 g/mol. The van der Waals surface area contributed by atoms with Gasteiger partial charge in [0, 0.05) is 37.5 Å². The van der Waals surface area contributed by atoms with Crippen LogP contribution in [0.1, 0.15) is 21.7 Å². The molecule has 1 amide bonds. The summed E-state index contributed by atoms with van der Waals surface area (Å²) in [6.07, 6.45) is 8.52. The van der Waals surface area contributed by atoms with Gasteiger partial charge >= 0.3 is 0 Å². The van der Waals surface area contributed by atoms with Crippen LogP contribution in [-0.4, -0.2) is 25.4 Å². The van der Waals surface area contributed by atoms with E-state index in [9.17, 15) is 4.79 Å². The standard InChI is InChI=1S/C16H15N5O/c1-12-18-7-8-21(12)15-5-4-13(9-19-15)10-20-16(22)14-3-2-6-17-11-14/h2-9,11H,10H2,1H3,(H,20,22). The number of pyridine rings is 2. The van der Waals surface area contributed by atoms with Gasteiger partial charge in [0.15, 0.2) is 0 Å². The number of aryl methyl sites for hydroxylation is 1. The van der Waals surface area contributed by atoms with E-state index in [4.69, 9.17) is 0 Å². The number of nitrogens with one attached hydrogen (secondary N) is 1. The highest BCUT2D eigenvalue weighted by atomic mass is 16.1. The van der Waals surface area contributed by atoms with Gasteiger partial charge in [0.2, 0.25) is 0 Å². The number of amides is 1. The smallest absolute Gasteiger partial charge is 0.253 e. The monoisotopic (exact) mass is 293 g/mol. The Morgan fingerprint density at radius 2 is 2.09 bits per heavy atom. The number of carbonyl (C=O) groups excluding carboxylic acids is 1. The second kappa shape index (κ2) is 6.17. The quantitative estimate of drug-likeness (QED) is 0.797. The highest BCUT2D eigenvalue weighted by molar-refractivity contribution is 5.93. The van der Waals surface area contributed by atoms with Crippen LogP contribution in [-0.2, 0) is 6.54 Å². The van der Waals surface area contributed by atoms with Gasteiger partial charge in [-0.25, -0.2) is 9.97 Å². The molecule has 110 valence electrons. The Kier molecular flexibility index (Phi) is 3.91. The summed E-state index contributed by atoms with van der Waals surface area (Å²) in [5.41, 5.74) is 1.47. The Morgan fingerprint density at radius 1 is 1.18 bits per heavy atom. The minimum absolute atomic E-state index is 0.150. The summed E-state index contributed by atoms with van der Waals surface area (Å²) >= 11 is 0. The molecule has 3 aromatic heterocycles. The third-order valence-electron chi connectivity index (χ3n) is 3.26. The fourth-order valence-electron chi connectivity index (χ4n) is 2.07. The van der Waals surface area contributed by atoms with Crippen molar-refractivity contribution in [3.8, 4) is 5.82 Å². The summed E-state index contributed by atoms with van der Waals surface area (Å²) in [6, 6.07) is 7.30. The first kappa shape index (κ1) is 13.9. The van der Waals surface area contributed by atoms with E-state index in [0.717, 1.165) is 17.2 Å². The van der Waals surface area contributed by atoms with Gasteiger partial charge in [0.05, 0.1) is 5.56 Å². The second-order valence-corrected chi connectivity index (χ2v) is 4.79. The molecule has 0 saturated carbocycles. The lowest BCUT2D eigenvalue weighted by Crippen LogP contribution is -2.22. The van der Waals surface area contributed by atoms with E-state index in [-0.39, 0.29) is 5.91 Å². The fraction of sp³-hybridized carbons (Fsp3) is 0.125. The van der Waals surface area contributed by atoms with Gasteiger partial charge in [-0.3, -0.25) is 14.3 Å². The summed E-state index contributed by atoms with van der Waals surface area (Å²) < 4.78 is 1.90. The molecule has 0 aliphatic rings. The number of hydrogen-bond donors (Lipinski definition) is 1. The third kappa shape index (κ3) is 3.01. The zero-order valence-electron chi connectivity index (χ0n) is 12.1. The summed E-state index contributed by atoms with van der Waals surface area (Å²) in [4.78, 5) is 24.4. The van der Waals surface area contributed by atoms with E-state index in [2.05, 4.69) is 20.3 Å². The van der Waals surface area contributed by atoms with Gasteiger partial charge in [-0.05, 0) is 30.7 Å². The van der Waals surface area contributed by atoms with Crippen molar-refractivity contribution in [3.63, 3.8) is 0 Å². The summed E-state index contributed by atoms with van der Waals surface area (Å²) in [5.74, 6) is 1.53. The molecule has 6 nitrogen and oxygen atoms in total. The first-order valence-corrected chi connectivity index (χ1v) is 6.87. The molecule has 0 radical (unpaired) electrons. The minimum atomic E-state index is -0.150. The van der Waals surface area contributed by atoms with Crippen molar-refractivity contribution < 1.29 is 4.79 Å². The zero-order chi connectivity index (χ0) is 15.4. The lowest BCUT2D eigenvalue weighted by molar-refractivity contribution is 0.0950. The van der Waals surface area contributed by atoms with Crippen LogP contribution in [0, 0.1) is 6.92 Å². The number of rotatable bonds is 4. The van der Waals surface area contributed by atoms with Crippen LogP contribution in [0.25, 0.3) is 5.82 Å². The third-order valence-corrected chi connectivity index (χ3v) is 3.26. The lowest BCUT2D eigenvalue weighted by atomic mass is 10.2. The predicted octanol–water partition coefficient (Wildman–Crippen LogP) is 1.90. The molecule has 3 heterocycles. The van der Waals surface area contributed by atoms with Crippen LogP contribution in [0.3, 0.4) is 0 Å². The molecule has 22 heavy (non-hydrogen) atoms. The van der Waals surface area contributed by atoms with E-state index < -0.39 is 0 Å². The topological polar surface area (TPSA) is 72.7 Å². The molecule has 0 atom stereocenters. The van der Waals surface area contributed by atoms with E-state index in [1.165, 1.54) is 0 Å². The average molecular weight is 293 g/mol. The minimum Gasteiger partial charge on any atom is -0.348 e. The Bertz CT molecular complexity index is 765. The van der Waals surface area contributed by atoms with Crippen LogP contribution in [0.2, 0.25) is 0 Å². The normalized spacial score (nSPS) is 10.4. The highest BCUT2D eigenvalue weighted by Gasteiger charge is 2.05. The van der Waals surface area contributed by atoms with Crippen molar-refractivity contribution in [3.05, 3.63) is 72.2 Å². The fourth-order valence-corrected chi connectivity index (χ4v) is 2.07. The van der Waals surface area contributed by atoms with E-state index in [1.807, 2.05) is 29.8 Å². The maximum absolute atomic E-state index is 11.9. The summed E-state index contributed by atoms with van der Waals surface area (Å²) in [6.45, 7) is 2.34. The van der Waals surface area contributed by atoms with Crippen LogP contribution >= 0.6 is 0 Å². The maximum atomic E-state index is 11.9. The van der Waals surface area contributed by atoms with Crippen molar-refractivity contribution >= 4 is 5.91 Å². The molecule has 0 aliphatic carbocycles. The molecule has 0 bridgehead atoms. The Labute approximate surface area is 127 Å². The molecule has 1 N–H and O–H groups in total. The Morgan fingerprint density at radius 3 is 2.73 bits per heavy atom. The van der Waals surface area contributed by atoms with Gasteiger partial charge in [0.25, 0.3) is 5.91 Å². The van der Waals surface area contributed by atoms with Crippen molar-refractivity contribution in [2.75, 3.05) is 0 Å². The van der Waals surface area contributed by atoms with Gasteiger partial charge in [-0.1, -0.05) is 6.07 Å². The average Bonchev–Trinajstić information content (AvgIpc) is 3.00. The van der Waals surface area contributed by atoms with Crippen molar-refractivity contribution in [2.24, 2.45) is 0 Å². The molecular formula is C16H15N5O. The number of hydrogen-bond acceptors (Lipinski definition) is 4. The predicted molar refractivity (Wildman–Crippen MR) is 81.5 cm³/mol. The molecule has 0 aliphatic heterocycles. The second-order valence-electron chi connectivity index (χ2n) is 4.79. The number of aromatic nitrogens is 4. The number of carbonyl (C=O) groups is 1. The van der Waals surface area contributed by atoms with Gasteiger partial charge in [0.1, 0.15) is 11.6 Å². The Balaban J connectivity index is 1.65. The van der Waals surface area contributed by atoms with Crippen LogP contribution < -0.4 is 5.32 Å². The Hall–Kier alpha value is -3.02. The van der Waals surface area contributed by atoms with E-state index in [1.54, 1.807) is 36.9 Å². The largest absolute Gasteiger partial charge is 0.348 e. The summed E-state index contributed by atoms with van der Waals surface area (Å²) in [7, 11) is 0. The molecule has 0 aromatic carbocycles. The SMILES string of the molecule is Cc1nccn1-c1ccc(CNC(=O)c2cccnc2)cn1. The van der Waals surface area contributed by atoms with E-state index in [0.29, 0.717) is 12.1 Å². The molecule has 0 fully saturated rings. The highest BCUT2D eigenvalue weighted by Crippen LogP contribution is 2.08. The van der Waals surface area contributed by atoms with Crippen LogP contribution in [0.4, 0.5) is 0 Å². The number of imidazole rings is 1. The molecule has 6 heteroatoms. The zero-order valence-corrected chi connectivity index (χ0v) is 12.1. The van der Waals surface area contributed by atoms with Crippen molar-refractivity contribution in [2.45, 2.75) is 13.5 Å². The molecule has 3 aromatic rings. The first-order valence-electron chi connectivity index (χ1n) is 6.87. The van der Waals surface area contributed by atoms with E-state index >= 15 is 0 Å².